The van der Waals surface area contributed by atoms with Crippen LogP contribution in [-0.2, 0) is 0 Å². The second-order valence-electron chi connectivity index (χ2n) is 2.01. The van der Waals surface area contributed by atoms with Gasteiger partial charge in [0.05, 0.1) is 11.8 Å². The zero-order valence-electron chi connectivity index (χ0n) is 6.33. The molecular weight excluding hydrogens is 304 g/mol. The molecule has 8 heteroatoms. The van der Waals surface area contributed by atoms with Gasteiger partial charge in [0, 0.05) is 0 Å². The van der Waals surface area contributed by atoms with Crippen molar-refractivity contribution in [3.05, 3.63) is 14.8 Å². The number of aromatic amines is 1. The third-order valence-electron chi connectivity index (χ3n) is 1.07. The minimum atomic E-state index is -0.0908. The van der Waals surface area contributed by atoms with E-state index in [2.05, 4.69) is 52.3 Å². The Kier molecular flexibility index (Phi) is 3.43. The number of hydrogen-bond acceptors (Lipinski definition) is 3. The molecule has 0 saturated carbocycles. The van der Waals surface area contributed by atoms with Gasteiger partial charge < -0.3 is 11.5 Å². The van der Waals surface area contributed by atoms with Crippen LogP contribution >= 0.6 is 31.9 Å². The van der Waals surface area contributed by atoms with Gasteiger partial charge in [-0.15, -0.1) is 5.10 Å². The Morgan fingerprint density at radius 3 is 2.62 bits per heavy atom. The molecule has 0 spiro atoms. The van der Waals surface area contributed by atoms with Crippen LogP contribution in [0.2, 0.25) is 0 Å². The average Bonchev–Trinajstić information content (AvgIpc) is 2.34. The van der Waals surface area contributed by atoms with Crippen molar-refractivity contribution in [1.29, 1.82) is 0 Å². The van der Waals surface area contributed by atoms with E-state index in [-0.39, 0.29) is 5.96 Å². The van der Waals surface area contributed by atoms with Crippen molar-refractivity contribution in [2.75, 3.05) is 0 Å². The minimum absolute atomic E-state index is 0.0908. The van der Waals surface area contributed by atoms with Crippen molar-refractivity contribution < 1.29 is 0 Å². The van der Waals surface area contributed by atoms with Crippen LogP contribution < -0.4 is 11.5 Å². The number of halogens is 2. The quantitative estimate of drug-likeness (QED) is 0.422. The summed E-state index contributed by atoms with van der Waals surface area (Å²) in [6.07, 6.45) is 1.47. The molecular formula is C5H6Br2N6. The van der Waals surface area contributed by atoms with Crippen LogP contribution in [0.3, 0.4) is 0 Å². The summed E-state index contributed by atoms with van der Waals surface area (Å²) in [6, 6.07) is 0. The van der Waals surface area contributed by atoms with E-state index in [4.69, 9.17) is 11.5 Å². The summed E-state index contributed by atoms with van der Waals surface area (Å²) < 4.78 is 1.34. The molecule has 5 N–H and O–H groups in total. The van der Waals surface area contributed by atoms with E-state index in [1.54, 1.807) is 0 Å². The number of guanidine groups is 1. The third kappa shape index (κ3) is 2.81. The smallest absolute Gasteiger partial charge is 0.211 e. The Bertz CT molecular complexity index is 330. The van der Waals surface area contributed by atoms with Crippen LogP contribution in [0.15, 0.2) is 19.4 Å². The molecule has 0 saturated heterocycles. The van der Waals surface area contributed by atoms with E-state index in [1.165, 1.54) is 6.21 Å². The number of hydrogen-bond donors (Lipinski definition) is 3. The van der Waals surface area contributed by atoms with Crippen molar-refractivity contribution in [1.82, 2.24) is 10.2 Å². The zero-order chi connectivity index (χ0) is 9.84. The first-order chi connectivity index (χ1) is 6.11. The first-order valence-corrected chi connectivity index (χ1v) is 4.71. The first kappa shape index (κ1) is 10.2. The molecule has 1 aromatic heterocycles. The second kappa shape index (κ2) is 4.38. The monoisotopic (exact) mass is 308 g/mol. The van der Waals surface area contributed by atoms with Crippen LogP contribution in [0, 0.1) is 0 Å². The molecule has 0 aromatic carbocycles. The maximum atomic E-state index is 5.08. The Hall–Kier alpha value is -0.890. The van der Waals surface area contributed by atoms with E-state index >= 15 is 0 Å². The molecule has 70 valence electrons. The topological polar surface area (TPSA) is 105 Å². The maximum absolute atomic E-state index is 5.08. The van der Waals surface area contributed by atoms with Crippen molar-refractivity contribution >= 4 is 44.0 Å². The van der Waals surface area contributed by atoms with Gasteiger partial charge in [-0.3, -0.25) is 5.10 Å². The van der Waals surface area contributed by atoms with Crippen LogP contribution in [0.4, 0.5) is 0 Å². The van der Waals surface area contributed by atoms with Crippen LogP contribution in [0.1, 0.15) is 5.56 Å². The molecule has 1 rings (SSSR count). The first-order valence-electron chi connectivity index (χ1n) is 3.12. The van der Waals surface area contributed by atoms with Crippen molar-refractivity contribution in [2.45, 2.75) is 0 Å². The molecule has 1 aromatic rings. The van der Waals surface area contributed by atoms with Crippen molar-refractivity contribution in [2.24, 2.45) is 21.7 Å². The highest BCUT2D eigenvalue weighted by Crippen LogP contribution is 2.19. The molecule has 0 bridgehead atoms. The molecule has 0 radical (unpaired) electrons. The SMILES string of the molecule is NC(N)=N/N=C/c1c(Br)n[nH]c1Br. The number of aromatic nitrogens is 2. The summed E-state index contributed by atoms with van der Waals surface area (Å²) in [5.41, 5.74) is 10.9. The van der Waals surface area contributed by atoms with Gasteiger partial charge >= 0.3 is 0 Å². The summed E-state index contributed by atoms with van der Waals surface area (Å²) in [5, 5.41) is 13.6. The van der Waals surface area contributed by atoms with Gasteiger partial charge in [-0.05, 0) is 31.9 Å². The zero-order valence-corrected chi connectivity index (χ0v) is 9.50. The number of nitrogens with one attached hydrogen (secondary N) is 1. The molecule has 1 heterocycles. The summed E-state index contributed by atoms with van der Waals surface area (Å²) >= 11 is 6.44. The van der Waals surface area contributed by atoms with Gasteiger partial charge in [0.15, 0.2) is 0 Å². The summed E-state index contributed by atoms with van der Waals surface area (Å²) in [5.74, 6) is -0.0908. The highest BCUT2D eigenvalue weighted by molar-refractivity contribution is 9.11. The lowest BCUT2D eigenvalue weighted by atomic mass is 10.4. The van der Waals surface area contributed by atoms with E-state index in [1.807, 2.05) is 0 Å². The molecule has 0 amide bonds. The van der Waals surface area contributed by atoms with E-state index in [0.717, 1.165) is 5.56 Å². The van der Waals surface area contributed by atoms with E-state index in [0.29, 0.717) is 9.21 Å². The van der Waals surface area contributed by atoms with Gasteiger partial charge in [-0.25, -0.2) is 0 Å². The summed E-state index contributed by atoms with van der Waals surface area (Å²) in [6.45, 7) is 0. The van der Waals surface area contributed by atoms with Gasteiger partial charge in [-0.2, -0.15) is 10.2 Å². The van der Waals surface area contributed by atoms with E-state index < -0.39 is 0 Å². The average molecular weight is 310 g/mol. The van der Waals surface area contributed by atoms with Gasteiger partial charge in [-0.1, -0.05) is 0 Å². The summed E-state index contributed by atoms with van der Waals surface area (Å²) in [4.78, 5) is 0. The number of H-pyrrole nitrogens is 1. The van der Waals surface area contributed by atoms with Crippen LogP contribution in [0.25, 0.3) is 0 Å². The largest absolute Gasteiger partial charge is 0.369 e. The predicted octanol–water partition coefficient (Wildman–Crippen LogP) is 0.542. The van der Waals surface area contributed by atoms with Gasteiger partial charge in [0.1, 0.15) is 9.21 Å². The molecule has 0 aliphatic rings. The number of nitrogens with zero attached hydrogens (tertiary/aromatic N) is 3. The molecule has 0 fully saturated rings. The maximum Gasteiger partial charge on any atom is 0.211 e. The highest BCUT2D eigenvalue weighted by Gasteiger charge is 2.05. The molecule has 0 unspecified atom stereocenters. The molecule has 13 heavy (non-hydrogen) atoms. The van der Waals surface area contributed by atoms with Gasteiger partial charge in [0.25, 0.3) is 0 Å². The Morgan fingerprint density at radius 2 is 2.15 bits per heavy atom. The second-order valence-corrected chi connectivity index (χ2v) is 3.56. The van der Waals surface area contributed by atoms with Crippen LogP contribution in [0.5, 0.6) is 0 Å². The Labute approximate surface area is 90.7 Å². The third-order valence-corrected chi connectivity index (χ3v) is 2.28. The molecule has 0 aliphatic carbocycles. The van der Waals surface area contributed by atoms with E-state index in [9.17, 15) is 0 Å². The molecule has 0 aliphatic heterocycles. The normalized spacial score (nSPS) is 10.6. The summed E-state index contributed by atoms with van der Waals surface area (Å²) in [7, 11) is 0. The Balaban J connectivity index is 2.85. The fraction of sp³-hybridized carbons (Fsp3) is 0. The van der Waals surface area contributed by atoms with Crippen molar-refractivity contribution in [3.63, 3.8) is 0 Å². The standard InChI is InChI=1S/C5H6Br2N6/c6-3-2(4(7)12-11-3)1-10-13-5(8)9/h1H,(H,11,12)(H4,8,9,13)/b10-1+. The molecule has 6 nitrogen and oxygen atoms in total. The van der Waals surface area contributed by atoms with Gasteiger partial charge in [0.2, 0.25) is 5.96 Å². The number of nitrogens with two attached hydrogens (primary N) is 2. The minimum Gasteiger partial charge on any atom is -0.369 e. The fourth-order valence-electron chi connectivity index (χ4n) is 0.572. The predicted molar refractivity (Wildman–Crippen MR) is 57.4 cm³/mol. The lowest BCUT2D eigenvalue weighted by Gasteiger charge is -1.86. The van der Waals surface area contributed by atoms with Crippen molar-refractivity contribution in [3.8, 4) is 0 Å². The lowest BCUT2D eigenvalue weighted by molar-refractivity contribution is 1.05. The Morgan fingerprint density at radius 1 is 1.46 bits per heavy atom. The lowest BCUT2D eigenvalue weighted by Crippen LogP contribution is -2.21. The number of rotatable bonds is 2. The van der Waals surface area contributed by atoms with Crippen LogP contribution in [-0.4, -0.2) is 22.4 Å². The molecule has 0 atom stereocenters. The highest BCUT2D eigenvalue weighted by atomic mass is 79.9. The fourth-order valence-corrected chi connectivity index (χ4v) is 1.61.